The number of carboxylic acids is 2. The van der Waals surface area contributed by atoms with Crippen LogP contribution in [0.4, 0.5) is 0 Å². The lowest BCUT2D eigenvalue weighted by molar-refractivity contribution is -0.00527. The number of benzene rings is 6. The van der Waals surface area contributed by atoms with Gasteiger partial charge in [0, 0.05) is 5.02 Å². The van der Waals surface area contributed by atoms with Crippen molar-refractivity contribution in [3.05, 3.63) is 176 Å². The molecule has 67 heavy (non-hydrogen) atoms. The molecule has 0 aliphatic heterocycles. The number of aromatic carboxylic acids is 2. The molecular formula is C59H52Cl2O6. The lowest BCUT2D eigenvalue weighted by Gasteiger charge is -2.57. The van der Waals surface area contributed by atoms with Gasteiger partial charge in [0.1, 0.15) is 23.0 Å². The molecule has 0 saturated heterocycles. The number of ether oxygens (including phenoxy) is 2. The minimum atomic E-state index is -0.982. The molecule has 6 aromatic carbocycles. The summed E-state index contributed by atoms with van der Waals surface area (Å²) < 4.78 is 12.7. The molecule has 2 N–H and O–H groups in total. The molecule has 0 unspecified atom stereocenters. The molecule has 8 bridgehead atoms. The van der Waals surface area contributed by atoms with Crippen LogP contribution in [0.5, 0.6) is 23.0 Å². The SMILES string of the molecule is O=C(O)c1ccc(Oc2ccc(C3(c4ccc(Oc5ccc(C(=O)O)cc5)cc4)c4cc(C56CC7CC(CC(C7)C5)C6)ccc4-c4cc(Cl)c(C56CC7CC(CC(C7)C5)C6)c(Cl)c43)cc2)cc1. The van der Waals surface area contributed by atoms with Crippen molar-refractivity contribution in [2.24, 2.45) is 35.5 Å². The Bertz CT molecular complexity index is 2820. The first-order valence-corrected chi connectivity index (χ1v) is 25.1. The zero-order chi connectivity index (χ0) is 45.4. The lowest BCUT2D eigenvalue weighted by Crippen LogP contribution is -2.49. The predicted molar refractivity (Wildman–Crippen MR) is 260 cm³/mol. The normalized spacial score (nSPS) is 28.8. The molecular weight excluding hydrogens is 876 g/mol. The molecule has 9 aliphatic rings. The molecule has 15 rings (SSSR count). The van der Waals surface area contributed by atoms with Crippen molar-refractivity contribution in [3.63, 3.8) is 0 Å². The van der Waals surface area contributed by atoms with Gasteiger partial charge in [-0.1, -0.05) is 65.7 Å². The Labute approximate surface area is 401 Å². The van der Waals surface area contributed by atoms with Crippen molar-refractivity contribution in [2.45, 2.75) is 93.3 Å². The van der Waals surface area contributed by atoms with Crippen LogP contribution in [0.25, 0.3) is 11.1 Å². The highest BCUT2D eigenvalue weighted by molar-refractivity contribution is 6.38. The highest BCUT2D eigenvalue weighted by Crippen LogP contribution is 2.67. The summed E-state index contributed by atoms with van der Waals surface area (Å²) in [6.07, 6.45) is 15.2. The molecule has 8 fully saturated rings. The van der Waals surface area contributed by atoms with E-state index in [1.165, 1.54) is 68.9 Å². The average Bonchev–Trinajstić information content (AvgIpc) is 3.59. The van der Waals surface area contributed by atoms with Crippen molar-refractivity contribution >= 4 is 35.1 Å². The van der Waals surface area contributed by atoms with Gasteiger partial charge in [-0.2, -0.15) is 0 Å². The Morgan fingerprint density at radius 2 is 0.821 bits per heavy atom. The topological polar surface area (TPSA) is 93.1 Å². The molecule has 338 valence electrons. The molecule has 0 heterocycles. The van der Waals surface area contributed by atoms with Crippen LogP contribution in [0.15, 0.2) is 121 Å². The highest BCUT2D eigenvalue weighted by Gasteiger charge is 2.57. The van der Waals surface area contributed by atoms with Crippen molar-refractivity contribution in [1.29, 1.82) is 0 Å². The molecule has 0 amide bonds. The monoisotopic (exact) mass is 926 g/mol. The van der Waals surface area contributed by atoms with Crippen molar-refractivity contribution < 1.29 is 29.3 Å². The van der Waals surface area contributed by atoms with Gasteiger partial charge in [-0.3, -0.25) is 0 Å². The maximum absolute atomic E-state index is 11.6. The van der Waals surface area contributed by atoms with Gasteiger partial charge in [-0.05, 0) is 247 Å². The smallest absolute Gasteiger partial charge is 0.335 e. The fraction of sp³-hybridized carbons (Fsp3) is 0.356. The molecule has 0 radical (unpaired) electrons. The van der Waals surface area contributed by atoms with E-state index in [-0.39, 0.29) is 22.0 Å². The summed E-state index contributed by atoms with van der Waals surface area (Å²) in [5.74, 6) is 4.90. The molecule has 6 aromatic rings. The first-order valence-electron chi connectivity index (χ1n) is 24.4. The fourth-order valence-electron chi connectivity index (χ4n) is 16.0. The molecule has 9 aliphatic carbocycles. The van der Waals surface area contributed by atoms with Crippen LogP contribution in [0.1, 0.15) is 131 Å². The number of fused-ring (bicyclic) bond motifs is 3. The van der Waals surface area contributed by atoms with Crippen LogP contribution in [0.2, 0.25) is 10.0 Å². The van der Waals surface area contributed by atoms with E-state index in [4.69, 9.17) is 32.7 Å². The second kappa shape index (κ2) is 15.2. The van der Waals surface area contributed by atoms with Crippen molar-refractivity contribution in [2.75, 3.05) is 0 Å². The number of halogens is 2. The number of carboxylic acid groups (broad SMARTS) is 2. The molecule has 8 heteroatoms. The average molecular weight is 928 g/mol. The van der Waals surface area contributed by atoms with E-state index >= 15 is 0 Å². The van der Waals surface area contributed by atoms with Gasteiger partial charge in [-0.25, -0.2) is 9.59 Å². The Balaban J connectivity index is 1.01. The number of rotatable bonds is 10. The van der Waals surface area contributed by atoms with Gasteiger partial charge in [-0.15, -0.1) is 0 Å². The van der Waals surface area contributed by atoms with Crippen LogP contribution in [0, 0.1) is 35.5 Å². The quantitative estimate of drug-likeness (QED) is 0.142. The Kier molecular flexibility index (Phi) is 9.45. The summed E-state index contributed by atoms with van der Waals surface area (Å²) in [4.78, 5) is 23.2. The van der Waals surface area contributed by atoms with E-state index < -0.39 is 17.4 Å². The number of carbonyl (C=O) groups is 2. The second-order valence-electron chi connectivity index (χ2n) is 21.8. The van der Waals surface area contributed by atoms with Gasteiger partial charge in [0.2, 0.25) is 0 Å². The van der Waals surface area contributed by atoms with Crippen LogP contribution < -0.4 is 9.47 Å². The van der Waals surface area contributed by atoms with Gasteiger partial charge in [0.25, 0.3) is 0 Å². The second-order valence-corrected chi connectivity index (χ2v) is 22.6. The van der Waals surface area contributed by atoms with E-state index in [0.717, 1.165) is 80.4 Å². The summed E-state index contributed by atoms with van der Waals surface area (Å²) in [5, 5.41) is 20.6. The van der Waals surface area contributed by atoms with Gasteiger partial charge in [0.15, 0.2) is 0 Å². The summed E-state index contributed by atoms with van der Waals surface area (Å²) in [6.45, 7) is 0. The third-order valence-electron chi connectivity index (χ3n) is 17.8. The largest absolute Gasteiger partial charge is 0.478 e. The molecule has 6 nitrogen and oxygen atoms in total. The summed E-state index contributed by atoms with van der Waals surface area (Å²) in [7, 11) is 0. The predicted octanol–water partition coefficient (Wildman–Crippen LogP) is 15.3. The van der Waals surface area contributed by atoms with E-state index in [2.05, 4.69) is 48.5 Å². The Hall–Kier alpha value is -5.56. The third kappa shape index (κ3) is 6.56. The van der Waals surface area contributed by atoms with Crippen LogP contribution in [0.3, 0.4) is 0 Å². The number of hydrogen-bond donors (Lipinski definition) is 2. The van der Waals surface area contributed by atoms with E-state index in [1.807, 2.05) is 24.3 Å². The standard InChI is InChI=1S/C59H52Cl2O6/c60-51-26-49-48-18-9-43(57-27-33-19-34(28-57)21-35(20-33)29-57)25-50(48)59(41-5-14-46(15-6-41)66-44-10-1-39(2-11-44)55(62)63,42-7-16-47(17-8-42)67-45-12-3-40(4-13-45)56(64)65)52(49)54(61)53(51)58-30-36-22-37(31-58)24-38(23-36)32-58/h1-18,25-26,33-38H,19-24,27-32H2,(H,62,63)(H,64,65). The minimum Gasteiger partial charge on any atom is -0.478 e. The summed E-state index contributed by atoms with van der Waals surface area (Å²) in [6, 6.07) is 39.4. The van der Waals surface area contributed by atoms with Gasteiger partial charge < -0.3 is 19.7 Å². The Morgan fingerprint density at radius 1 is 0.448 bits per heavy atom. The zero-order valence-corrected chi connectivity index (χ0v) is 38.8. The minimum absolute atomic E-state index is 0.0649. The van der Waals surface area contributed by atoms with Crippen LogP contribution in [-0.4, -0.2) is 22.2 Å². The number of hydrogen-bond acceptors (Lipinski definition) is 4. The molecule has 0 atom stereocenters. The summed E-state index contributed by atoms with van der Waals surface area (Å²) >= 11 is 16.0. The lowest BCUT2D eigenvalue weighted by atomic mass is 9.47. The molecule has 0 aromatic heterocycles. The zero-order valence-electron chi connectivity index (χ0n) is 37.3. The van der Waals surface area contributed by atoms with Crippen LogP contribution >= 0.6 is 23.2 Å². The fourth-order valence-corrected chi connectivity index (χ4v) is 17.0. The van der Waals surface area contributed by atoms with Crippen molar-refractivity contribution in [3.8, 4) is 34.1 Å². The third-order valence-corrected chi connectivity index (χ3v) is 18.5. The van der Waals surface area contributed by atoms with E-state index in [0.29, 0.717) is 40.8 Å². The Morgan fingerprint density at radius 3 is 1.22 bits per heavy atom. The highest BCUT2D eigenvalue weighted by atomic mass is 35.5. The summed E-state index contributed by atoms with van der Waals surface area (Å²) in [5.41, 5.74) is 8.86. The van der Waals surface area contributed by atoms with Crippen molar-refractivity contribution in [1.82, 2.24) is 0 Å². The maximum Gasteiger partial charge on any atom is 0.335 e. The van der Waals surface area contributed by atoms with E-state index in [1.54, 1.807) is 48.5 Å². The van der Waals surface area contributed by atoms with Gasteiger partial charge in [0.05, 0.1) is 21.6 Å². The van der Waals surface area contributed by atoms with Crippen LogP contribution in [-0.2, 0) is 16.2 Å². The first kappa shape index (κ1) is 41.6. The first-order chi connectivity index (χ1) is 32.4. The van der Waals surface area contributed by atoms with E-state index in [9.17, 15) is 19.8 Å². The molecule has 8 saturated carbocycles. The maximum atomic E-state index is 11.6. The van der Waals surface area contributed by atoms with Gasteiger partial charge >= 0.3 is 11.9 Å². The molecule has 0 spiro atoms.